The quantitative estimate of drug-likeness (QED) is 0.400. The normalized spacial score (nSPS) is 19.5. The average Bonchev–Trinajstić information content (AvgIpc) is 2.70. The Morgan fingerprint density at radius 1 is 1.16 bits per heavy atom. The molecular formula is C21H21ClF4N4O. The molecule has 0 saturated carbocycles. The Morgan fingerprint density at radius 3 is 2.35 bits per heavy atom. The summed E-state index contributed by atoms with van der Waals surface area (Å²) in [5.74, 6) is 5.10. The van der Waals surface area contributed by atoms with Crippen LogP contribution in [0.25, 0.3) is 0 Å². The van der Waals surface area contributed by atoms with Crippen molar-refractivity contribution in [1.82, 2.24) is 4.90 Å². The minimum Gasteiger partial charge on any atom is -0.399 e. The van der Waals surface area contributed by atoms with Gasteiger partial charge in [0.05, 0.1) is 39.3 Å². The van der Waals surface area contributed by atoms with Crippen molar-refractivity contribution < 1.29 is 22.4 Å². The molecule has 0 aromatic heterocycles. The van der Waals surface area contributed by atoms with Gasteiger partial charge in [-0.1, -0.05) is 17.7 Å². The molecule has 1 aliphatic rings. The highest BCUT2D eigenvalue weighted by Crippen LogP contribution is 2.38. The van der Waals surface area contributed by atoms with E-state index in [0.29, 0.717) is 11.4 Å². The molecule has 2 atom stereocenters. The van der Waals surface area contributed by atoms with Crippen molar-refractivity contribution in [3.8, 4) is 0 Å². The van der Waals surface area contributed by atoms with Crippen molar-refractivity contribution in [2.24, 2.45) is 11.6 Å². The van der Waals surface area contributed by atoms with Crippen molar-refractivity contribution in [1.29, 1.82) is 0 Å². The maximum absolute atomic E-state index is 13.2. The standard InChI is InChI=1S/C21H21ClF4N4O/c1-11-10-17(30(28)14-8-6-13(23)7-9-14)19(27)12(2)29(11)20(31)15-4-3-5-16(18(15)22)21(24,25)26/h3-9,11-12H,10,27-28H2,1-2H3/t11-,12?/m0/s1. The summed E-state index contributed by atoms with van der Waals surface area (Å²) < 4.78 is 52.8. The maximum atomic E-state index is 13.2. The van der Waals surface area contributed by atoms with Crippen molar-refractivity contribution in [2.75, 3.05) is 5.01 Å². The van der Waals surface area contributed by atoms with Gasteiger partial charge in [-0.05, 0) is 50.2 Å². The summed E-state index contributed by atoms with van der Waals surface area (Å²) in [5, 5.41) is 0.667. The van der Waals surface area contributed by atoms with Crippen LogP contribution in [-0.2, 0) is 6.18 Å². The zero-order chi connectivity index (χ0) is 23.1. The lowest BCUT2D eigenvalue weighted by Gasteiger charge is -2.42. The van der Waals surface area contributed by atoms with Gasteiger partial charge in [0.2, 0.25) is 0 Å². The van der Waals surface area contributed by atoms with Crippen LogP contribution >= 0.6 is 11.6 Å². The van der Waals surface area contributed by atoms with Crippen LogP contribution in [0, 0.1) is 5.82 Å². The summed E-state index contributed by atoms with van der Waals surface area (Å²) in [6.45, 7) is 3.39. The molecule has 0 spiro atoms. The largest absolute Gasteiger partial charge is 0.417 e. The van der Waals surface area contributed by atoms with Crippen molar-refractivity contribution >= 4 is 23.2 Å². The van der Waals surface area contributed by atoms with Crippen LogP contribution in [0.15, 0.2) is 53.9 Å². The molecule has 2 aromatic carbocycles. The van der Waals surface area contributed by atoms with E-state index in [0.717, 1.165) is 12.1 Å². The molecule has 1 heterocycles. The van der Waals surface area contributed by atoms with Crippen LogP contribution in [0.4, 0.5) is 23.2 Å². The van der Waals surface area contributed by atoms with E-state index < -0.39 is 40.6 Å². The molecular weight excluding hydrogens is 436 g/mol. The van der Waals surface area contributed by atoms with E-state index in [1.54, 1.807) is 13.8 Å². The number of anilines is 1. The van der Waals surface area contributed by atoms with Gasteiger partial charge in [-0.25, -0.2) is 10.2 Å². The topological polar surface area (TPSA) is 75.6 Å². The fourth-order valence-electron chi connectivity index (χ4n) is 3.69. The summed E-state index contributed by atoms with van der Waals surface area (Å²) in [4.78, 5) is 14.5. The SMILES string of the molecule is CC1C(N)=C(N(N)c2ccc(F)cc2)C[C@H](C)N1C(=O)c1cccc(C(F)(F)F)c1Cl. The second-order valence-electron chi connectivity index (χ2n) is 7.35. The second kappa shape index (κ2) is 8.39. The first-order chi connectivity index (χ1) is 14.4. The highest BCUT2D eigenvalue weighted by atomic mass is 35.5. The highest BCUT2D eigenvalue weighted by molar-refractivity contribution is 6.34. The van der Waals surface area contributed by atoms with Gasteiger partial charge < -0.3 is 10.6 Å². The summed E-state index contributed by atoms with van der Waals surface area (Å²) in [7, 11) is 0. The van der Waals surface area contributed by atoms with Gasteiger partial charge in [0.15, 0.2) is 0 Å². The Labute approximate surface area is 181 Å². The van der Waals surface area contributed by atoms with Crippen molar-refractivity contribution in [3.05, 3.63) is 75.8 Å². The van der Waals surface area contributed by atoms with Gasteiger partial charge in [-0.3, -0.25) is 9.80 Å². The third-order valence-corrected chi connectivity index (χ3v) is 5.74. The number of hydrogen-bond donors (Lipinski definition) is 2. The third kappa shape index (κ3) is 4.33. The van der Waals surface area contributed by atoms with Crippen molar-refractivity contribution in [2.45, 2.75) is 38.5 Å². The van der Waals surface area contributed by atoms with E-state index in [2.05, 4.69) is 0 Å². The minimum atomic E-state index is -4.69. The lowest BCUT2D eigenvalue weighted by molar-refractivity contribution is -0.137. The summed E-state index contributed by atoms with van der Waals surface area (Å²) in [5.41, 5.74) is 6.25. The Bertz CT molecular complexity index is 1020. The van der Waals surface area contributed by atoms with Gasteiger partial charge in [0, 0.05) is 12.5 Å². The number of nitrogens with two attached hydrogens (primary N) is 2. The molecule has 0 bridgehead atoms. The minimum absolute atomic E-state index is 0.242. The second-order valence-corrected chi connectivity index (χ2v) is 7.73. The maximum Gasteiger partial charge on any atom is 0.417 e. The van der Waals surface area contributed by atoms with E-state index >= 15 is 0 Å². The first-order valence-corrected chi connectivity index (χ1v) is 9.78. The highest BCUT2D eigenvalue weighted by Gasteiger charge is 2.39. The number of hydrogen-bond acceptors (Lipinski definition) is 4. The number of rotatable bonds is 3. The summed E-state index contributed by atoms with van der Waals surface area (Å²) in [6, 6.07) is 7.61. The Balaban J connectivity index is 1.95. The van der Waals surface area contributed by atoms with Gasteiger partial charge >= 0.3 is 6.18 Å². The summed E-state index contributed by atoms with van der Waals surface area (Å²) in [6.07, 6.45) is -4.44. The summed E-state index contributed by atoms with van der Waals surface area (Å²) >= 11 is 5.94. The van der Waals surface area contributed by atoms with E-state index in [9.17, 15) is 22.4 Å². The fourth-order valence-corrected chi connectivity index (χ4v) is 4.01. The van der Waals surface area contributed by atoms with E-state index in [4.69, 9.17) is 23.2 Å². The predicted molar refractivity (Wildman–Crippen MR) is 110 cm³/mol. The number of amides is 1. The first-order valence-electron chi connectivity index (χ1n) is 9.40. The van der Waals surface area contributed by atoms with Crippen LogP contribution in [0.3, 0.4) is 0 Å². The predicted octanol–water partition coefficient (Wildman–Crippen LogP) is 4.67. The van der Waals surface area contributed by atoms with Crippen LogP contribution in [0.1, 0.15) is 36.2 Å². The van der Waals surface area contributed by atoms with Gasteiger partial charge in [0.1, 0.15) is 5.82 Å². The lowest BCUT2D eigenvalue weighted by atomic mass is 9.96. The van der Waals surface area contributed by atoms with Crippen molar-refractivity contribution in [3.63, 3.8) is 0 Å². The van der Waals surface area contributed by atoms with Gasteiger partial charge in [-0.2, -0.15) is 13.2 Å². The van der Waals surface area contributed by atoms with Crippen LogP contribution in [0.5, 0.6) is 0 Å². The molecule has 166 valence electrons. The zero-order valence-electron chi connectivity index (χ0n) is 16.8. The van der Waals surface area contributed by atoms with Crippen LogP contribution in [0.2, 0.25) is 5.02 Å². The molecule has 31 heavy (non-hydrogen) atoms. The molecule has 2 aromatic rings. The average molecular weight is 457 g/mol. The monoisotopic (exact) mass is 456 g/mol. The molecule has 10 heteroatoms. The number of hydrazine groups is 1. The Morgan fingerprint density at radius 2 is 1.77 bits per heavy atom. The Hall–Kier alpha value is -2.78. The molecule has 1 amide bonds. The van der Waals surface area contributed by atoms with Gasteiger partial charge in [0.25, 0.3) is 5.91 Å². The van der Waals surface area contributed by atoms with Gasteiger partial charge in [-0.15, -0.1) is 0 Å². The fraction of sp³-hybridized carbons (Fsp3) is 0.286. The first kappa shape index (κ1) is 22.9. The van der Waals surface area contributed by atoms with Crippen LogP contribution < -0.4 is 16.6 Å². The molecule has 0 aliphatic carbocycles. The number of benzene rings is 2. The number of halogens is 5. The number of carbonyl (C=O) groups excluding carboxylic acids is 1. The molecule has 1 aliphatic heterocycles. The van der Waals surface area contributed by atoms with E-state index in [1.165, 1.54) is 40.2 Å². The third-order valence-electron chi connectivity index (χ3n) is 5.33. The number of alkyl halides is 3. The smallest absolute Gasteiger partial charge is 0.399 e. The molecule has 4 N–H and O–H groups in total. The zero-order valence-corrected chi connectivity index (χ0v) is 17.5. The molecule has 0 radical (unpaired) electrons. The molecule has 1 unspecified atom stereocenters. The van der Waals surface area contributed by atoms with E-state index in [1.807, 2.05) is 0 Å². The number of carbonyl (C=O) groups is 1. The number of nitrogens with zero attached hydrogens (tertiary/aromatic N) is 2. The van der Waals surface area contributed by atoms with E-state index in [-0.39, 0.29) is 17.7 Å². The molecule has 5 nitrogen and oxygen atoms in total. The van der Waals surface area contributed by atoms with Crippen LogP contribution in [-0.4, -0.2) is 22.9 Å². The molecule has 3 rings (SSSR count). The lowest BCUT2D eigenvalue weighted by Crippen LogP contribution is -2.53. The molecule has 0 fully saturated rings. The Kier molecular flexibility index (Phi) is 6.20. The molecule has 0 saturated heterocycles.